The van der Waals surface area contributed by atoms with Crippen molar-refractivity contribution in [3.8, 4) is 5.75 Å². The number of benzene rings is 2. The highest BCUT2D eigenvalue weighted by atomic mass is 32.2. The zero-order chi connectivity index (χ0) is 24.1. The summed E-state index contributed by atoms with van der Waals surface area (Å²) < 4.78 is 52.1. The molecule has 9 heteroatoms. The fourth-order valence-corrected chi connectivity index (χ4v) is 6.24. The third kappa shape index (κ3) is 5.42. The number of hydrogen-bond donors (Lipinski definition) is 0. The molecule has 1 amide bonds. The van der Waals surface area contributed by atoms with E-state index in [1.54, 1.807) is 23.1 Å². The van der Waals surface area contributed by atoms with Crippen molar-refractivity contribution >= 4 is 15.9 Å². The van der Waals surface area contributed by atoms with Gasteiger partial charge in [0.15, 0.2) is 0 Å². The van der Waals surface area contributed by atoms with E-state index in [2.05, 4.69) is 0 Å². The third-order valence-electron chi connectivity index (χ3n) is 6.54. The molecule has 2 aliphatic rings. The van der Waals surface area contributed by atoms with E-state index in [0.29, 0.717) is 25.3 Å². The van der Waals surface area contributed by atoms with E-state index in [1.165, 1.54) is 35.7 Å². The van der Waals surface area contributed by atoms with Crippen LogP contribution in [-0.2, 0) is 21.3 Å². The summed E-state index contributed by atoms with van der Waals surface area (Å²) >= 11 is 0. The van der Waals surface area contributed by atoms with Crippen LogP contribution >= 0.6 is 0 Å². The van der Waals surface area contributed by atoms with Gasteiger partial charge in [-0.2, -0.15) is 4.31 Å². The van der Waals surface area contributed by atoms with Crippen LogP contribution in [-0.4, -0.2) is 63.0 Å². The Morgan fingerprint density at radius 2 is 1.76 bits per heavy atom. The molecule has 4 rings (SSSR count). The van der Waals surface area contributed by atoms with Crippen LogP contribution in [0.2, 0.25) is 0 Å². The average Bonchev–Trinajstić information content (AvgIpc) is 2.88. The lowest BCUT2D eigenvalue weighted by Crippen LogP contribution is -2.42. The van der Waals surface area contributed by atoms with Crippen LogP contribution < -0.4 is 4.74 Å². The molecule has 1 heterocycles. The molecule has 0 aromatic heterocycles. The van der Waals surface area contributed by atoms with Gasteiger partial charge < -0.3 is 14.4 Å². The molecule has 0 bridgehead atoms. The Kier molecular flexibility index (Phi) is 7.85. The molecule has 1 aliphatic carbocycles. The van der Waals surface area contributed by atoms with Crippen LogP contribution in [0.4, 0.5) is 4.39 Å². The zero-order valence-corrected chi connectivity index (χ0v) is 20.2. The first kappa shape index (κ1) is 24.6. The SMILES string of the molecule is COc1ccc(C(=O)N(Cc2ccc(F)cc2)C2CCCCC2)cc1S(=O)(=O)N1CCOCC1. The molecule has 34 heavy (non-hydrogen) atoms. The van der Waals surface area contributed by atoms with E-state index < -0.39 is 10.0 Å². The molecule has 0 radical (unpaired) electrons. The fraction of sp³-hybridized carbons (Fsp3) is 0.480. The van der Waals surface area contributed by atoms with Gasteiger partial charge in [-0.15, -0.1) is 0 Å². The molecule has 0 N–H and O–H groups in total. The predicted molar refractivity (Wildman–Crippen MR) is 126 cm³/mol. The highest BCUT2D eigenvalue weighted by molar-refractivity contribution is 7.89. The smallest absolute Gasteiger partial charge is 0.254 e. The molecule has 7 nitrogen and oxygen atoms in total. The Morgan fingerprint density at radius 3 is 2.41 bits per heavy atom. The van der Waals surface area contributed by atoms with Gasteiger partial charge >= 0.3 is 0 Å². The highest BCUT2D eigenvalue weighted by Crippen LogP contribution is 2.31. The second kappa shape index (κ2) is 10.8. The molecule has 2 aromatic carbocycles. The maximum atomic E-state index is 13.8. The summed E-state index contributed by atoms with van der Waals surface area (Å²) in [7, 11) is -2.44. The van der Waals surface area contributed by atoms with Gasteiger partial charge in [-0.05, 0) is 48.7 Å². The molecule has 0 atom stereocenters. The number of sulfonamides is 1. The number of rotatable bonds is 7. The van der Waals surface area contributed by atoms with Gasteiger partial charge in [0.05, 0.1) is 20.3 Å². The Hall–Kier alpha value is -2.49. The van der Waals surface area contributed by atoms with Crippen molar-refractivity contribution < 1.29 is 27.1 Å². The number of halogens is 1. The number of carbonyl (C=O) groups is 1. The van der Waals surface area contributed by atoms with Crippen molar-refractivity contribution in [3.05, 3.63) is 59.4 Å². The molecular weight excluding hydrogens is 459 g/mol. The Labute approximate surface area is 200 Å². The van der Waals surface area contributed by atoms with E-state index in [9.17, 15) is 17.6 Å². The van der Waals surface area contributed by atoms with Crippen molar-refractivity contribution in [1.82, 2.24) is 9.21 Å². The minimum absolute atomic E-state index is 0.0203. The summed E-state index contributed by atoms with van der Waals surface area (Å²) in [6.45, 7) is 1.49. The highest BCUT2D eigenvalue weighted by Gasteiger charge is 2.32. The molecular formula is C25H31FN2O5S. The number of carbonyl (C=O) groups excluding carboxylic acids is 1. The normalized spacial score (nSPS) is 17.9. The third-order valence-corrected chi connectivity index (χ3v) is 8.46. The Balaban J connectivity index is 1.67. The van der Waals surface area contributed by atoms with Gasteiger partial charge in [-0.25, -0.2) is 12.8 Å². The lowest BCUT2D eigenvalue weighted by Gasteiger charge is -2.35. The molecule has 1 saturated heterocycles. The van der Waals surface area contributed by atoms with Crippen molar-refractivity contribution in [2.24, 2.45) is 0 Å². The van der Waals surface area contributed by atoms with Gasteiger partial charge in [0.2, 0.25) is 10.0 Å². The van der Waals surface area contributed by atoms with Crippen molar-refractivity contribution in [1.29, 1.82) is 0 Å². The molecule has 184 valence electrons. The molecule has 2 fully saturated rings. The Morgan fingerprint density at radius 1 is 1.09 bits per heavy atom. The predicted octanol–water partition coefficient (Wildman–Crippen LogP) is 3.83. The fourth-order valence-electron chi connectivity index (χ4n) is 4.65. The first-order chi connectivity index (χ1) is 16.4. The summed E-state index contributed by atoms with van der Waals surface area (Å²) in [5.41, 5.74) is 1.12. The van der Waals surface area contributed by atoms with Crippen LogP contribution in [0, 0.1) is 5.82 Å². The van der Waals surface area contributed by atoms with Crippen LogP contribution in [0.1, 0.15) is 48.0 Å². The lowest BCUT2D eigenvalue weighted by atomic mass is 9.93. The Bertz CT molecular complexity index is 1090. The minimum Gasteiger partial charge on any atom is -0.495 e. The average molecular weight is 491 g/mol. The van der Waals surface area contributed by atoms with E-state index >= 15 is 0 Å². The topological polar surface area (TPSA) is 76.2 Å². The molecule has 0 spiro atoms. The number of morpholine rings is 1. The monoisotopic (exact) mass is 490 g/mol. The second-order valence-electron chi connectivity index (χ2n) is 8.73. The largest absolute Gasteiger partial charge is 0.495 e. The van der Waals surface area contributed by atoms with E-state index in [-0.39, 0.29) is 41.5 Å². The summed E-state index contributed by atoms with van der Waals surface area (Å²) in [6, 6.07) is 10.8. The maximum Gasteiger partial charge on any atom is 0.254 e. The van der Waals surface area contributed by atoms with Crippen LogP contribution in [0.5, 0.6) is 5.75 Å². The standard InChI is InChI=1S/C25H31FN2O5S/c1-32-23-12-9-20(17-24(23)34(30,31)27-13-15-33-16-14-27)25(29)28(22-5-3-2-4-6-22)18-19-7-10-21(26)11-8-19/h7-12,17,22H,2-6,13-16,18H2,1H3. The molecule has 0 unspecified atom stereocenters. The first-order valence-corrected chi connectivity index (χ1v) is 13.2. The summed E-state index contributed by atoms with van der Waals surface area (Å²) in [6.07, 6.45) is 5.00. The zero-order valence-electron chi connectivity index (χ0n) is 19.4. The lowest BCUT2D eigenvalue weighted by molar-refractivity contribution is 0.0613. The number of ether oxygens (including phenoxy) is 2. The second-order valence-corrected chi connectivity index (χ2v) is 10.6. The van der Waals surface area contributed by atoms with Gasteiger partial charge in [0, 0.05) is 31.2 Å². The maximum absolute atomic E-state index is 13.8. The van der Waals surface area contributed by atoms with Gasteiger partial charge in [-0.1, -0.05) is 31.4 Å². The quantitative estimate of drug-likeness (QED) is 0.590. The summed E-state index contributed by atoms with van der Waals surface area (Å²) in [5, 5.41) is 0. The number of hydrogen-bond acceptors (Lipinski definition) is 5. The first-order valence-electron chi connectivity index (χ1n) is 11.7. The van der Waals surface area contributed by atoms with Crippen molar-refractivity contribution in [3.63, 3.8) is 0 Å². The van der Waals surface area contributed by atoms with E-state index in [0.717, 1.165) is 37.7 Å². The van der Waals surface area contributed by atoms with Crippen LogP contribution in [0.3, 0.4) is 0 Å². The molecule has 1 saturated carbocycles. The van der Waals surface area contributed by atoms with E-state index in [1.807, 2.05) is 0 Å². The number of nitrogens with zero attached hydrogens (tertiary/aromatic N) is 2. The number of methoxy groups -OCH3 is 1. The van der Waals surface area contributed by atoms with Crippen molar-refractivity contribution in [2.45, 2.75) is 49.6 Å². The van der Waals surface area contributed by atoms with Crippen LogP contribution in [0.15, 0.2) is 47.4 Å². The van der Waals surface area contributed by atoms with Gasteiger partial charge in [-0.3, -0.25) is 4.79 Å². The van der Waals surface area contributed by atoms with Crippen molar-refractivity contribution in [2.75, 3.05) is 33.4 Å². The summed E-state index contributed by atoms with van der Waals surface area (Å²) in [4.78, 5) is 15.5. The van der Waals surface area contributed by atoms with Crippen LogP contribution in [0.25, 0.3) is 0 Å². The summed E-state index contributed by atoms with van der Waals surface area (Å²) in [5.74, 6) is -0.365. The van der Waals surface area contributed by atoms with E-state index in [4.69, 9.17) is 9.47 Å². The molecule has 1 aliphatic heterocycles. The minimum atomic E-state index is -3.86. The number of amides is 1. The van der Waals surface area contributed by atoms with Gasteiger partial charge in [0.1, 0.15) is 16.5 Å². The van der Waals surface area contributed by atoms with Gasteiger partial charge in [0.25, 0.3) is 5.91 Å². The molecule has 2 aromatic rings.